The van der Waals surface area contributed by atoms with Crippen molar-refractivity contribution in [2.24, 2.45) is 0 Å². The quantitative estimate of drug-likeness (QED) is 0.686. The Morgan fingerprint density at radius 3 is 2.34 bits per heavy atom. The van der Waals surface area contributed by atoms with Gasteiger partial charge in [-0.05, 0) is 51.5 Å². The van der Waals surface area contributed by atoms with Crippen LogP contribution in [-0.2, 0) is 9.53 Å². The standard InChI is InChI=1S/C23H33FN4O3S/c1-23(2,3)31-22(30)28-15-19(14-20(28)21(29)27-12-13-32-16-27)26-10-8-25(9-11-26)18-6-4-17(24)5-7-18/h4-7,19-20H,8-16H2,1-3H3/t19-,20-/m0/s1. The van der Waals surface area contributed by atoms with Gasteiger partial charge in [0.2, 0.25) is 5.91 Å². The lowest BCUT2D eigenvalue weighted by atomic mass is 10.1. The molecule has 7 nitrogen and oxygen atoms in total. The van der Waals surface area contributed by atoms with E-state index in [2.05, 4.69) is 9.80 Å². The number of thioether (sulfide) groups is 1. The van der Waals surface area contributed by atoms with Gasteiger partial charge in [0.1, 0.15) is 17.5 Å². The molecule has 0 bridgehead atoms. The number of anilines is 1. The molecule has 0 unspecified atom stereocenters. The number of carbonyl (C=O) groups excluding carboxylic acids is 2. The molecule has 0 saturated carbocycles. The van der Waals surface area contributed by atoms with Crippen molar-refractivity contribution in [1.82, 2.24) is 14.7 Å². The first-order valence-corrected chi connectivity index (χ1v) is 12.5. The minimum absolute atomic E-state index is 0.0355. The molecule has 0 aliphatic carbocycles. The van der Waals surface area contributed by atoms with Gasteiger partial charge in [-0.1, -0.05) is 0 Å². The van der Waals surface area contributed by atoms with Gasteiger partial charge in [0.25, 0.3) is 0 Å². The second-order valence-electron chi connectivity index (χ2n) is 9.68. The molecule has 176 valence electrons. The predicted molar refractivity (Wildman–Crippen MR) is 124 cm³/mol. The van der Waals surface area contributed by atoms with Crippen LogP contribution in [0.4, 0.5) is 14.9 Å². The monoisotopic (exact) mass is 464 g/mol. The molecule has 2 amide bonds. The third kappa shape index (κ3) is 5.31. The molecule has 3 aliphatic heterocycles. The predicted octanol–water partition coefficient (Wildman–Crippen LogP) is 2.86. The highest BCUT2D eigenvalue weighted by molar-refractivity contribution is 7.99. The van der Waals surface area contributed by atoms with Crippen molar-refractivity contribution >= 4 is 29.4 Å². The van der Waals surface area contributed by atoms with Crippen LogP contribution in [0.2, 0.25) is 0 Å². The number of nitrogens with zero attached hydrogens (tertiary/aromatic N) is 4. The van der Waals surface area contributed by atoms with E-state index in [1.54, 1.807) is 16.7 Å². The maximum atomic E-state index is 13.2. The smallest absolute Gasteiger partial charge is 0.411 e. The highest BCUT2D eigenvalue weighted by Crippen LogP contribution is 2.29. The highest BCUT2D eigenvalue weighted by atomic mass is 32.2. The molecule has 0 radical (unpaired) electrons. The van der Waals surface area contributed by atoms with Crippen LogP contribution in [0.3, 0.4) is 0 Å². The fourth-order valence-corrected chi connectivity index (χ4v) is 5.59. The van der Waals surface area contributed by atoms with Gasteiger partial charge in [-0.3, -0.25) is 14.6 Å². The molecule has 3 fully saturated rings. The van der Waals surface area contributed by atoms with Gasteiger partial charge in [0.15, 0.2) is 0 Å². The number of benzene rings is 1. The molecule has 3 saturated heterocycles. The number of halogens is 1. The summed E-state index contributed by atoms with van der Waals surface area (Å²) in [5, 5.41) is 0. The Morgan fingerprint density at radius 2 is 1.75 bits per heavy atom. The molecule has 3 aliphatic rings. The van der Waals surface area contributed by atoms with Crippen LogP contribution in [0.15, 0.2) is 24.3 Å². The molecule has 1 aromatic rings. The summed E-state index contributed by atoms with van der Waals surface area (Å²) in [7, 11) is 0. The normalized spacial score (nSPS) is 24.8. The van der Waals surface area contributed by atoms with Crippen molar-refractivity contribution in [3.8, 4) is 0 Å². The summed E-state index contributed by atoms with van der Waals surface area (Å²) >= 11 is 1.75. The van der Waals surface area contributed by atoms with E-state index in [0.29, 0.717) is 18.8 Å². The Labute approximate surface area is 193 Å². The Hall–Kier alpha value is -2.00. The summed E-state index contributed by atoms with van der Waals surface area (Å²) in [6.07, 6.45) is 0.227. The van der Waals surface area contributed by atoms with E-state index in [1.165, 1.54) is 12.1 Å². The summed E-state index contributed by atoms with van der Waals surface area (Å²) in [5.41, 5.74) is 0.417. The zero-order valence-corrected chi connectivity index (χ0v) is 19.9. The fraction of sp³-hybridized carbons (Fsp3) is 0.652. The van der Waals surface area contributed by atoms with Crippen LogP contribution in [0.5, 0.6) is 0 Å². The molecular weight excluding hydrogens is 431 g/mol. The number of amides is 2. The molecule has 4 rings (SSSR count). The summed E-state index contributed by atoms with van der Waals surface area (Å²) in [6, 6.07) is 6.26. The van der Waals surface area contributed by atoms with Crippen LogP contribution < -0.4 is 4.90 Å². The molecule has 9 heteroatoms. The van der Waals surface area contributed by atoms with Gasteiger partial charge in [-0.2, -0.15) is 0 Å². The lowest BCUT2D eigenvalue weighted by Crippen LogP contribution is -2.51. The molecular formula is C23H33FN4O3S. The van der Waals surface area contributed by atoms with Crippen LogP contribution in [0, 0.1) is 5.82 Å². The molecule has 1 aromatic carbocycles. The second-order valence-corrected chi connectivity index (χ2v) is 10.8. The van der Waals surface area contributed by atoms with Crippen LogP contribution >= 0.6 is 11.8 Å². The number of piperazine rings is 1. The third-order valence-corrected chi connectivity index (χ3v) is 7.24. The maximum Gasteiger partial charge on any atom is 0.411 e. The number of hydrogen-bond donors (Lipinski definition) is 0. The molecule has 32 heavy (non-hydrogen) atoms. The highest BCUT2D eigenvalue weighted by Gasteiger charge is 2.45. The zero-order chi connectivity index (χ0) is 22.9. The van der Waals surface area contributed by atoms with Crippen molar-refractivity contribution < 1.29 is 18.7 Å². The minimum Gasteiger partial charge on any atom is -0.444 e. The Kier molecular flexibility index (Phi) is 6.86. The lowest BCUT2D eigenvalue weighted by molar-refractivity contribution is -0.134. The van der Waals surface area contributed by atoms with E-state index in [1.807, 2.05) is 37.8 Å². The molecule has 0 spiro atoms. The molecule has 0 N–H and O–H groups in total. The minimum atomic E-state index is -0.604. The topological polar surface area (TPSA) is 56.3 Å². The van der Waals surface area contributed by atoms with Crippen molar-refractivity contribution in [3.63, 3.8) is 0 Å². The van der Waals surface area contributed by atoms with Crippen molar-refractivity contribution in [1.29, 1.82) is 0 Å². The number of rotatable bonds is 3. The van der Waals surface area contributed by atoms with E-state index in [-0.39, 0.29) is 17.8 Å². The Morgan fingerprint density at radius 1 is 1.06 bits per heavy atom. The van der Waals surface area contributed by atoms with E-state index in [9.17, 15) is 14.0 Å². The lowest BCUT2D eigenvalue weighted by Gasteiger charge is -2.39. The summed E-state index contributed by atoms with van der Waals surface area (Å²) in [6.45, 7) is 10.1. The molecule has 0 aromatic heterocycles. The SMILES string of the molecule is CC(C)(C)OC(=O)N1C[C@@H](N2CCN(c3ccc(F)cc3)CC2)C[C@H]1C(=O)N1CCSC1. The van der Waals surface area contributed by atoms with Gasteiger partial charge >= 0.3 is 6.09 Å². The average Bonchev–Trinajstić information content (AvgIpc) is 3.43. The largest absolute Gasteiger partial charge is 0.444 e. The zero-order valence-electron chi connectivity index (χ0n) is 19.1. The summed E-state index contributed by atoms with van der Waals surface area (Å²) in [4.78, 5) is 34.3. The van der Waals surface area contributed by atoms with Gasteiger partial charge in [0.05, 0.1) is 5.88 Å². The first-order chi connectivity index (χ1) is 15.2. The van der Waals surface area contributed by atoms with Crippen molar-refractivity contribution in [2.45, 2.75) is 44.9 Å². The van der Waals surface area contributed by atoms with E-state index >= 15 is 0 Å². The van der Waals surface area contributed by atoms with Gasteiger partial charge in [-0.25, -0.2) is 9.18 Å². The van der Waals surface area contributed by atoms with Crippen molar-refractivity contribution in [3.05, 3.63) is 30.1 Å². The van der Waals surface area contributed by atoms with Crippen LogP contribution in [-0.4, -0.2) is 95.3 Å². The summed E-state index contributed by atoms with van der Waals surface area (Å²) < 4.78 is 18.9. The first-order valence-electron chi connectivity index (χ1n) is 11.3. The summed E-state index contributed by atoms with van der Waals surface area (Å²) in [5.74, 6) is 1.44. The Bertz CT molecular complexity index is 818. The second kappa shape index (κ2) is 9.47. The number of hydrogen-bond acceptors (Lipinski definition) is 6. The van der Waals surface area contributed by atoms with Gasteiger partial charge < -0.3 is 14.5 Å². The fourth-order valence-electron chi connectivity index (χ4n) is 4.63. The number of ether oxygens (including phenoxy) is 1. The number of carbonyl (C=O) groups is 2. The van der Waals surface area contributed by atoms with Crippen LogP contribution in [0.1, 0.15) is 27.2 Å². The Balaban J connectivity index is 1.42. The maximum absolute atomic E-state index is 13.2. The van der Waals surface area contributed by atoms with Gasteiger partial charge in [0, 0.05) is 56.8 Å². The van der Waals surface area contributed by atoms with Crippen molar-refractivity contribution in [2.75, 3.05) is 55.8 Å². The first kappa shape index (κ1) is 23.2. The third-order valence-electron chi connectivity index (χ3n) is 6.28. The van der Waals surface area contributed by atoms with Crippen LogP contribution in [0.25, 0.3) is 0 Å². The average molecular weight is 465 g/mol. The molecule has 3 heterocycles. The van der Waals surface area contributed by atoms with E-state index in [0.717, 1.165) is 44.2 Å². The van der Waals surface area contributed by atoms with Gasteiger partial charge in [-0.15, -0.1) is 11.8 Å². The van der Waals surface area contributed by atoms with E-state index in [4.69, 9.17) is 4.74 Å². The molecule has 2 atom stereocenters. The van der Waals surface area contributed by atoms with E-state index < -0.39 is 17.7 Å². The number of likely N-dealkylation sites (tertiary alicyclic amines) is 1.